The maximum atomic E-state index is 12.7. The molecule has 28 heavy (non-hydrogen) atoms. The Bertz CT molecular complexity index is 1090. The number of esters is 1. The molecular formula is C21H20N4O3. The van der Waals surface area contributed by atoms with Gasteiger partial charge in [0.2, 0.25) is 0 Å². The fraction of sp³-hybridized carbons (Fsp3) is 0.238. The number of anilines is 1. The highest BCUT2D eigenvalue weighted by molar-refractivity contribution is 5.78. The third-order valence-corrected chi connectivity index (χ3v) is 4.61. The zero-order valence-corrected chi connectivity index (χ0v) is 15.7. The highest BCUT2D eigenvalue weighted by atomic mass is 16.5. The van der Waals surface area contributed by atoms with Gasteiger partial charge in [-0.05, 0) is 26.0 Å². The van der Waals surface area contributed by atoms with E-state index in [1.165, 1.54) is 0 Å². The maximum absolute atomic E-state index is 12.7. The third-order valence-electron chi connectivity index (χ3n) is 4.61. The molecule has 1 aromatic heterocycles. The second-order valence-corrected chi connectivity index (χ2v) is 6.61. The fourth-order valence-corrected chi connectivity index (χ4v) is 3.25. The number of carbonyl (C=O) groups excluding carboxylic acids is 1. The number of hydrogen-bond acceptors (Lipinski definition) is 6. The molecule has 0 amide bonds. The van der Waals surface area contributed by atoms with E-state index in [1.54, 1.807) is 11.6 Å². The van der Waals surface area contributed by atoms with E-state index in [-0.39, 0.29) is 18.1 Å². The number of carbonyl (C=O) groups is 1. The summed E-state index contributed by atoms with van der Waals surface area (Å²) >= 11 is 0. The molecule has 1 aliphatic rings. The molecule has 2 aromatic carbocycles. The van der Waals surface area contributed by atoms with Gasteiger partial charge in [0.05, 0.1) is 13.0 Å². The summed E-state index contributed by atoms with van der Waals surface area (Å²) in [6.07, 6.45) is -0.429. The molecule has 0 radical (unpaired) electrons. The second-order valence-electron chi connectivity index (χ2n) is 6.61. The van der Waals surface area contributed by atoms with E-state index >= 15 is 0 Å². The SMILES string of the molecule is CCOC(=O)C[C@@H]1Nc2ccccc2-c2nc(=O)c(-c3ccc(C)cc3)nn21. The molecule has 0 aliphatic carbocycles. The van der Waals surface area contributed by atoms with Crippen LogP contribution in [0.5, 0.6) is 0 Å². The number of fused-ring (bicyclic) bond motifs is 3. The largest absolute Gasteiger partial charge is 0.466 e. The van der Waals surface area contributed by atoms with Gasteiger partial charge in [-0.2, -0.15) is 10.1 Å². The Labute approximate surface area is 162 Å². The molecule has 4 rings (SSSR count). The molecule has 0 bridgehead atoms. The van der Waals surface area contributed by atoms with E-state index in [0.29, 0.717) is 18.0 Å². The zero-order valence-electron chi connectivity index (χ0n) is 15.7. The molecule has 0 fully saturated rings. The van der Waals surface area contributed by atoms with Gasteiger partial charge in [0.1, 0.15) is 6.17 Å². The molecule has 7 nitrogen and oxygen atoms in total. The molecule has 3 aromatic rings. The second kappa shape index (κ2) is 7.26. The van der Waals surface area contributed by atoms with Crippen molar-refractivity contribution in [3.8, 4) is 22.6 Å². The summed E-state index contributed by atoms with van der Waals surface area (Å²) in [5, 5.41) is 7.88. The molecule has 2 heterocycles. The fourth-order valence-electron chi connectivity index (χ4n) is 3.25. The van der Waals surface area contributed by atoms with Crippen LogP contribution in [-0.4, -0.2) is 27.3 Å². The summed E-state index contributed by atoms with van der Waals surface area (Å²) in [4.78, 5) is 29.1. The lowest BCUT2D eigenvalue weighted by atomic mass is 10.1. The van der Waals surface area contributed by atoms with Gasteiger partial charge in [-0.25, -0.2) is 4.68 Å². The van der Waals surface area contributed by atoms with Crippen LogP contribution in [0, 0.1) is 6.92 Å². The Morgan fingerprint density at radius 2 is 1.93 bits per heavy atom. The Balaban J connectivity index is 1.85. The molecule has 7 heteroatoms. The van der Waals surface area contributed by atoms with Crippen molar-refractivity contribution < 1.29 is 9.53 Å². The average Bonchev–Trinajstić information content (AvgIpc) is 2.69. The number of ether oxygens (including phenoxy) is 1. The van der Waals surface area contributed by atoms with E-state index in [0.717, 1.165) is 16.8 Å². The summed E-state index contributed by atoms with van der Waals surface area (Å²) in [7, 11) is 0. The monoisotopic (exact) mass is 376 g/mol. The van der Waals surface area contributed by atoms with Gasteiger partial charge < -0.3 is 10.1 Å². The van der Waals surface area contributed by atoms with Gasteiger partial charge in [-0.15, -0.1) is 0 Å². The lowest BCUT2D eigenvalue weighted by Crippen LogP contribution is -2.33. The van der Waals surface area contributed by atoms with Crippen LogP contribution >= 0.6 is 0 Å². The van der Waals surface area contributed by atoms with Crippen LogP contribution in [0.25, 0.3) is 22.6 Å². The Kier molecular flexibility index (Phi) is 4.65. The molecule has 1 N–H and O–H groups in total. The van der Waals surface area contributed by atoms with Crippen LogP contribution in [-0.2, 0) is 9.53 Å². The van der Waals surface area contributed by atoms with Gasteiger partial charge >= 0.3 is 5.97 Å². The van der Waals surface area contributed by atoms with E-state index < -0.39 is 11.7 Å². The number of rotatable bonds is 4. The van der Waals surface area contributed by atoms with Crippen molar-refractivity contribution in [1.82, 2.24) is 14.8 Å². The highest BCUT2D eigenvalue weighted by Gasteiger charge is 2.28. The Morgan fingerprint density at radius 3 is 2.68 bits per heavy atom. The van der Waals surface area contributed by atoms with Crippen molar-refractivity contribution in [2.75, 3.05) is 11.9 Å². The summed E-state index contributed by atoms with van der Waals surface area (Å²) in [6, 6.07) is 15.0. The van der Waals surface area contributed by atoms with Crippen molar-refractivity contribution in [3.63, 3.8) is 0 Å². The minimum absolute atomic E-state index is 0.0695. The lowest BCUT2D eigenvalue weighted by molar-refractivity contribution is -0.143. The van der Waals surface area contributed by atoms with Crippen molar-refractivity contribution >= 4 is 11.7 Å². The van der Waals surface area contributed by atoms with Gasteiger partial charge in [0, 0.05) is 16.8 Å². The molecular weight excluding hydrogens is 356 g/mol. The van der Waals surface area contributed by atoms with Gasteiger partial charge in [0.15, 0.2) is 11.5 Å². The van der Waals surface area contributed by atoms with Crippen molar-refractivity contribution in [1.29, 1.82) is 0 Å². The number of para-hydroxylation sites is 1. The van der Waals surface area contributed by atoms with E-state index in [2.05, 4.69) is 15.4 Å². The average molecular weight is 376 g/mol. The van der Waals surface area contributed by atoms with Crippen LogP contribution < -0.4 is 10.9 Å². The maximum Gasteiger partial charge on any atom is 0.309 e. The normalized spacial score (nSPS) is 14.6. The topological polar surface area (TPSA) is 86.1 Å². The molecule has 0 unspecified atom stereocenters. The molecule has 0 spiro atoms. The van der Waals surface area contributed by atoms with Crippen molar-refractivity contribution in [2.24, 2.45) is 0 Å². The predicted molar refractivity (Wildman–Crippen MR) is 106 cm³/mol. The summed E-state index contributed by atoms with van der Waals surface area (Å²) in [5.74, 6) is 0.0900. The van der Waals surface area contributed by atoms with Crippen LogP contribution in [0.15, 0.2) is 53.3 Å². The van der Waals surface area contributed by atoms with Crippen LogP contribution in [0.1, 0.15) is 25.1 Å². The number of benzene rings is 2. The zero-order chi connectivity index (χ0) is 19.7. The van der Waals surface area contributed by atoms with Crippen LogP contribution in [0.3, 0.4) is 0 Å². The van der Waals surface area contributed by atoms with Crippen LogP contribution in [0.2, 0.25) is 0 Å². The first-order chi connectivity index (χ1) is 13.6. The smallest absolute Gasteiger partial charge is 0.309 e. The standard InChI is InChI=1S/C21H20N4O3/c1-3-28-18(26)12-17-22-16-7-5-4-6-15(16)20-23-21(27)19(24-25(17)20)14-10-8-13(2)9-11-14/h4-11,17,22H,3,12H2,1-2H3/t17-/m1/s1. The first-order valence-corrected chi connectivity index (χ1v) is 9.16. The number of nitrogens with zero attached hydrogens (tertiary/aromatic N) is 3. The van der Waals surface area contributed by atoms with Crippen LogP contribution in [0.4, 0.5) is 5.69 Å². The Hall–Kier alpha value is -3.48. The minimum atomic E-state index is -0.499. The summed E-state index contributed by atoms with van der Waals surface area (Å²) in [5.41, 5.74) is 3.19. The molecule has 0 saturated carbocycles. The minimum Gasteiger partial charge on any atom is -0.466 e. The molecule has 1 atom stereocenters. The van der Waals surface area contributed by atoms with Gasteiger partial charge in [-0.1, -0.05) is 42.0 Å². The van der Waals surface area contributed by atoms with Crippen molar-refractivity contribution in [2.45, 2.75) is 26.4 Å². The van der Waals surface area contributed by atoms with E-state index in [9.17, 15) is 9.59 Å². The number of aryl methyl sites for hydroxylation is 1. The van der Waals surface area contributed by atoms with Crippen molar-refractivity contribution in [3.05, 3.63) is 64.4 Å². The third kappa shape index (κ3) is 3.26. The molecule has 142 valence electrons. The van der Waals surface area contributed by atoms with E-state index in [1.807, 2.05) is 55.5 Å². The Morgan fingerprint density at radius 1 is 1.18 bits per heavy atom. The first kappa shape index (κ1) is 17.9. The lowest BCUT2D eigenvalue weighted by Gasteiger charge is -2.29. The van der Waals surface area contributed by atoms with E-state index in [4.69, 9.17) is 4.74 Å². The highest BCUT2D eigenvalue weighted by Crippen LogP contribution is 2.35. The number of aromatic nitrogens is 3. The first-order valence-electron chi connectivity index (χ1n) is 9.16. The quantitative estimate of drug-likeness (QED) is 0.704. The number of nitrogens with one attached hydrogen (secondary N) is 1. The number of hydrogen-bond donors (Lipinski definition) is 1. The summed E-state index contributed by atoms with van der Waals surface area (Å²) in [6.45, 7) is 4.05. The molecule has 0 saturated heterocycles. The van der Waals surface area contributed by atoms with Gasteiger partial charge in [0.25, 0.3) is 5.56 Å². The molecule has 1 aliphatic heterocycles. The van der Waals surface area contributed by atoms with Gasteiger partial charge in [-0.3, -0.25) is 9.59 Å². The predicted octanol–water partition coefficient (Wildman–Crippen LogP) is 3.16. The summed E-state index contributed by atoms with van der Waals surface area (Å²) < 4.78 is 6.70.